The van der Waals surface area contributed by atoms with Crippen molar-refractivity contribution < 1.29 is 28.2 Å². The lowest BCUT2D eigenvalue weighted by molar-refractivity contribution is -0.134. The fourth-order valence-corrected chi connectivity index (χ4v) is 4.23. The van der Waals surface area contributed by atoms with Crippen LogP contribution in [-0.2, 0) is 4.79 Å². The summed E-state index contributed by atoms with van der Waals surface area (Å²) in [7, 11) is 3.01. The fraction of sp³-hybridized carbons (Fsp3) is 0.267. The van der Waals surface area contributed by atoms with Gasteiger partial charge in [-0.3, -0.25) is 9.59 Å². The van der Waals surface area contributed by atoms with Gasteiger partial charge in [0.05, 0.1) is 19.8 Å². The minimum atomic E-state index is -0.405. The van der Waals surface area contributed by atoms with Crippen LogP contribution in [0.2, 0.25) is 0 Å². The molecular formula is C30H31FN2O5. The van der Waals surface area contributed by atoms with Crippen LogP contribution in [0.15, 0.2) is 60.7 Å². The van der Waals surface area contributed by atoms with E-state index in [1.807, 2.05) is 23.1 Å². The second-order valence-electron chi connectivity index (χ2n) is 8.89. The van der Waals surface area contributed by atoms with Crippen LogP contribution < -0.4 is 19.5 Å². The van der Waals surface area contributed by atoms with Gasteiger partial charge in [-0.05, 0) is 72.9 Å². The van der Waals surface area contributed by atoms with E-state index in [4.69, 9.17) is 14.2 Å². The number of hydrogen-bond acceptors (Lipinski definition) is 5. The van der Waals surface area contributed by atoms with Gasteiger partial charge in [0, 0.05) is 24.8 Å². The van der Waals surface area contributed by atoms with Crippen molar-refractivity contribution in [2.24, 2.45) is 0 Å². The van der Waals surface area contributed by atoms with Gasteiger partial charge in [-0.2, -0.15) is 0 Å². The molecule has 0 aromatic heterocycles. The number of halogens is 1. The number of nitrogens with one attached hydrogen (secondary N) is 1. The van der Waals surface area contributed by atoms with Crippen molar-refractivity contribution in [3.8, 4) is 17.2 Å². The smallest absolute Gasteiger partial charge is 0.260 e. The van der Waals surface area contributed by atoms with Crippen molar-refractivity contribution in [3.63, 3.8) is 0 Å². The number of anilines is 1. The Balaban J connectivity index is 1.49. The fourth-order valence-electron chi connectivity index (χ4n) is 4.23. The van der Waals surface area contributed by atoms with E-state index in [0.717, 1.165) is 31.5 Å². The van der Waals surface area contributed by atoms with Gasteiger partial charge in [-0.25, -0.2) is 4.39 Å². The zero-order valence-electron chi connectivity index (χ0n) is 21.5. The molecule has 1 fully saturated rings. The third kappa shape index (κ3) is 6.91. The van der Waals surface area contributed by atoms with E-state index < -0.39 is 11.7 Å². The molecule has 1 heterocycles. The molecule has 0 aliphatic carbocycles. The number of nitrogens with zero attached hydrogens (tertiary/aromatic N) is 1. The van der Waals surface area contributed by atoms with E-state index in [2.05, 4.69) is 5.32 Å². The summed E-state index contributed by atoms with van der Waals surface area (Å²) in [5.41, 5.74) is 2.21. The third-order valence-corrected chi connectivity index (χ3v) is 6.30. The summed E-state index contributed by atoms with van der Waals surface area (Å²) in [6, 6.07) is 16.2. The molecule has 0 atom stereocenters. The van der Waals surface area contributed by atoms with Crippen molar-refractivity contribution in [1.29, 1.82) is 0 Å². The highest BCUT2D eigenvalue weighted by Gasteiger charge is 2.19. The number of piperidine rings is 1. The molecule has 1 saturated heterocycles. The first-order valence-corrected chi connectivity index (χ1v) is 12.5. The van der Waals surface area contributed by atoms with E-state index in [-0.39, 0.29) is 12.5 Å². The summed E-state index contributed by atoms with van der Waals surface area (Å²) in [5.74, 6) is 0.686. The SMILES string of the molecule is COc1cc(/C=C/c2ccc(OCC(=O)N3CCCCC3)cc2)c(C(=O)Nc2ccc(F)cc2)c(OC)c1. The van der Waals surface area contributed by atoms with Gasteiger partial charge >= 0.3 is 0 Å². The molecule has 4 rings (SSSR count). The number of benzene rings is 3. The van der Waals surface area contributed by atoms with E-state index in [9.17, 15) is 14.0 Å². The Bertz CT molecular complexity index is 1280. The second-order valence-corrected chi connectivity index (χ2v) is 8.89. The molecule has 0 radical (unpaired) electrons. The Labute approximate surface area is 221 Å². The predicted octanol–water partition coefficient (Wildman–Crippen LogP) is 5.66. The maximum Gasteiger partial charge on any atom is 0.260 e. The van der Waals surface area contributed by atoms with E-state index in [1.165, 1.54) is 44.9 Å². The van der Waals surface area contributed by atoms with E-state index >= 15 is 0 Å². The average molecular weight is 519 g/mol. The van der Waals surface area contributed by atoms with Gasteiger partial charge in [0.1, 0.15) is 23.1 Å². The first-order valence-electron chi connectivity index (χ1n) is 12.5. The predicted molar refractivity (Wildman–Crippen MR) is 145 cm³/mol. The summed E-state index contributed by atoms with van der Waals surface area (Å²) >= 11 is 0. The monoisotopic (exact) mass is 518 g/mol. The van der Waals surface area contributed by atoms with E-state index in [0.29, 0.717) is 34.1 Å². The number of hydrogen-bond donors (Lipinski definition) is 1. The van der Waals surface area contributed by atoms with Crippen LogP contribution in [0.4, 0.5) is 10.1 Å². The zero-order valence-corrected chi connectivity index (χ0v) is 21.5. The summed E-state index contributed by atoms with van der Waals surface area (Å²) in [5, 5.41) is 2.78. The molecule has 198 valence electrons. The van der Waals surface area contributed by atoms with Crippen molar-refractivity contribution in [2.75, 3.05) is 39.2 Å². The maximum absolute atomic E-state index is 13.3. The lowest BCUT2D eigenvalue weighted by Gasteiger charge is -2.26. The Morgan fingerprint density at radius 2 is 1.61 bits per heavy atom. The lowest BCUT2D eigenvalue weighted by Crippen LogP contribution is -2.38. The Kier molecular flexibility index (Phi) is 8.98. The molecule has 1 aliphatic rings. The van der Waals surface area contributed by atoms with E-state index in [1.54, 1.807) is 30.3 Å². The zero-order chi connectivity index (χ0) is 26.9. The summed E-state index contributed by atoms with van der Waals surface area (Å²) in [6.45, 7) is 1.61. The minimum Gasteiger partial charge on any atom is -0.497 e. The van der Waals surface area contributed by atoms with Crippen LogP contribution in [0.5, 0.6) is 17.2 Å². The van der Waals surface area contributed by atoms with Crippen LogP contribution in [0, 0.1) is 5.82 Å². The molecule has 0 unspecified atom stereocenters. The largest absolute Gasteiger partial charge is 0.497 e. The average Bonchev–Trinajstić information content (AvgIpc) is 2.96. The van der Waals surface area contributed by atoms with Crippen molar-refractivity contribution in [3.05, 3.63) is 83.2 Å². The summed E-state index contributed by atoms with van der Waals surface area (Å²) in [6.07, 6.45) is 6.90. The number of ether oxygens (including phenoxy) is 3. The number of amides is 2. The van der Waals surface area contributed by atoms with Gasteiger partial charge in [0.15, 0.2) is 6.61 Å². The van der Waals surface area contributed by atoms with Gasteiger partial charge in [-0.15, -0.1) is 0 Å². The van der Waals surface area contributed by atoms with Crippen molar-refractivity contribution in [2.45, 2.75) is 19.3 Å². The van der Waals surface area contributed by atoms with Gasteiger partial charge < -0.3 is 24.4 Å². The number of carbonyl (C=O) groups is 2. The summed E-state index contributed by atoms with van der Waals surface area (Å²) in [4.78, 5) is 27.4. The molecule has 3 aromatic rings. The van der Waals surface area contributed by atoms with Gasteiger partial charge in [-0.1, -0.05) is 24.3 Å². The molecule has 7 nitrogen and oxygen atoms in total. The highest BCUT2D eigenvalue weighted by atomic mass is 19.1. The molecule has 1 aliphatic heterocycles. The molecule has 8 heteroatoms. The lowest BCUT2D eigenvalue weighted by atomic mass is 10.0. The Morgan fingerprint density at radius 3 is 2.26 bits per heavy atom. The first kappa shape index (κ1) is 26.7. The number of carbonyl (C=O) groups excluding carboxylic acids is 2. The first-order chi connectivity index (χ1) is 18.5. The van der Waals surface area contributed by atoms with Crippen LogP contribution in [0.25, 0.3) is 12.2 Å². The molecule has 0 saturated carbocycles. The molecule has 1 N–H and O–H groups in total. The highest BCUT2D eigenvalue weighted by molar-refractivity contribution is 6.09. The molecule has 3 aromatic carbocycles. The molecule has 38 heavy (non-hydrogen) atoms. The number of methoxy groups -OCH3 is 2. The molecule has 0 bridgehead atoms. The second kappa shape index (κ2) is 12.8. The molecule has 0 spiro atoms. The topological polar surface area (TPSA) is 77.1 Å². The normalized spacial score (nSPS) is 13.3. The Hall–Kier alpha value is -4.33. The van der Waals surface area contributed by atoms with Gasteiger partial charge in [0.25, 0.3) is 11.8 Å². The molecule has 2 amide bonds. The highest BCUT2D eigenvalue weighted by Crippen LogP contribution is 2.31. The number of likely N-dealkylation sites (tertiary alicyclic amines) is 1. The number of rotatable bonds is 9. The summed E-state index contributed by atoms with van der Waals surface area (Å²) < 4.78 is 29.8. The van der Waals surface area contributed by atoms with Crippen molar-refractivity contribution in [1.82, 2.24) is 4.90 Å². The van der Waals surface area contributed by atoms with Crippen LogP contribution >= 0.6 is 0 Å². The van der Waals surface area contributed by atoms with Crippen LogP contribution in [0.3, 0.4) is 0 Å². The quantitative estimate of drug-likeness (QED) is 0.370. The maximum atomic E-state index is 13.3. The van der Waals surface area contributed by atoms with Crippen LogP contribution in [0.1, 0.15) is 40.7 Å². The standard InChI is InChI=1S/C30H31FN2O5/c1-36-26-18-22(29(27(19-26)37-2)30(35)32-24-12-10-23(31)11-13-24)9-6-21-7-14-25(15-8-21)38-20-28(34)33-16-4-3-5-17-33/h6-15,18-19H,3-5,16-17,20H2,1-2H3,(H,32,35)/b9-6+. The Morgan fingerprint density at radius 1 is 0.895 bits per heavy atom. The minimum absolute atomic E-state index is 0.00656. The third-order valence-electron chi connectivity index (χ3n) is 6.30. The van der Waals surface area contributed by atoms with Crippen molar-refractivity contribution >= 4 is 29.7 Å². The molecular weight excluding hydrogens is 487 g/mol. The van der Waals surface area contributed by atoms with Gasteiger partial charge in [0.2, 0.25) is 0 Å². The van der Waals surface area contributed by atoms with Crippen LogP contribution in [-0.4, -0.2) is 50.6 Å².